The van der Waals surface area contributed by atoms with Crippen molar-refractivity contribution in [1.82, 2.24) is 4.72 Å². The molecular weight excluding hydrogens is 288 g/mol. The molecule has 0 saturated heterocycles. The maximum absolute atomic E-state index is 11.9. The summed E-state index contributed by atoms with van der Waals surface area (Å²) < 4.78 is 50.7. The van der Waals surface area contributed by atoms with Gasteiger partial charge in [-0.25, -0.2) is 21.6 Å². The fraction of sp³-hybridized carbons (Fsp3) is 0.455. The van der Waals surface area contributed by atoms with Crippen molar-refractivity contribution in [2.75, 3.05) is 11.0 Å². The Labute approximate surface area is 114 Å². The first-order chi connectivity index (χ1) is 8.64. The number of benzene rings is 1. The highest BCUT2D eigenvalue weighted by Crippen LogP contribution is 2.15. The van der Waals surface area contributed by atoms with E-state index >= 15 is 0 Å². The molecule has 0 spiro atoms. The van der Waals surface area contributed by atoms with Gasteiger partial charge in [0.1, 0.15) is 0 Å². The minimum Gasteiger partial charge on any atom is -0.284 e. The predicted octanol–water partition coefficient (Wildman–Crippen LogP) is 1.13. The molecule has 1 rings (SSSR count). The summed E-state index contributed by atoms with van der Waals surface area (Å²) in [6.07, 6.45) is 1.72. The van der Waals surface area contributed by atoms with Gasteiger partial charge in [-0.15, -0.1) is 0 Å². The topological polar surface area (TPSA) is 92.3 Å². The van der Waals surface area contributed by atoms with E-state index in [0.29, 0.717) is 12.1 Å². The smallest absolute Gasteiger partial charge is 0.240 e. The van der Waals surface area contributed by atoms with Crippen molar-refractivity contribution in [2.24, 2.45) is 0 Å². The van der Waals surface area contributed by atoms with Crippen molar-refractivity contribution >= 4 is 25.7 Å². The third-order valence-corrected chi connectivity index (χ3v) is 4.65. The van der Waals surface area contributed by atoms with Crippen LogP contribution in [-0.2, 0) is 20.0 Å². The molecule has 0 fully saturated rings. The number of sulfonamides is 2. The molecule has 2 N–H and O–H groups in total. The fourth-order valence-electron chi connectivity index (χ4n) is 1.33. The maximum Gasteiger partial charge on any atom is 0.240 e. The van der Waals surface area contributed by atoms with E-state index < -0.39 is 20.0 Å². The Balaban J connectivity index is 2.93. The van der Waals surface area contributed by atoms with Crippen molar-refractivity contribution in [1.29, 1.82) is 0 Å². The van der Waals surface area contributed by atoms with Crippen LogP contribution in [0.4, 0.5) is 5.69 Å². The van der Waals surface area contributed by atoms with Crippen LogP contribution in [0.3, 0.4) is 0 Å². The van der Waals surface area contributed by atoms with Gasteiger partial charge in [0.25, 0.3) is 0 Å². The average Bonchev–Trinajstić information content (AvgIpc) is 2.26. The SMILES string of the molecule is CCC(C)NS(=O)(=O)c1ccc(NS(C)(=O)=O)cc1. The van der Waals surface area contributed by atoms with Gasteiger partial charge in [-0.05, 0) is 37.6 Å². The lowest BCUT2D eigenvalue weighted by Gasteiger charge is -2.12. The molecule has 0 heterocycles. The van der Waals surface area contributed by atoms with E-state index in [9.17, 15) is 16.8 Å². The Morgan fingerprint density at radius 1 is 1.11 bits per heavy atom. The van der Waals surface area contributed by atoms with Crippen molar-refractivity contribution in [2.45, 2.75) is 31.2 Å². The summed E-state index contributed by atoms with van der Waals surface area (Å²) in [6.45, 7) is 3.66. The van der Waals surface area contributed by atoms with E-state index in [1.54, 1.807) is 6.92 Å². The third kappa shape index (κ3) is 5.17. The first-order valence-electron chi connectivity index (χ1n) is 5.74. The van der Waals surface area contributed by atoms with E-state index in [-0.39, 0.29) is 10.9 Å². The molecule has 108 valence electrons. The second-order valence-electron chi connectivity index (χ2n) is 4.33. The van der Waals surface area contributed by atoms with Gasteiger partial charge in [0.2, 0.25) is 20.0 Å². The van der Waals surface area contributed by atoms with Gasteiger partial charge < -0.3 is 0 Å². The van der Waals surface area contributed by atoms with Crippen LogP contribution in [0.25, 0.3) is 0 Å². The van der Waals surface area contributed by atoms with Crippen LogP contribution in [0, 0.1) is 0 Å². The molecular formula is C11H18N2O4S2. The number of anilines is 1. The Kier molecular flexibility index (Phi) is 4.94. The van der Waals surface area contributed by atoms with Crippen molar-refractivity contribution < 1.29 is 16.8 Å². The third-order valence-electron chi connectivity index (χ3n) is 2.44. The molecule has 0 aromatic heterocycles. The summed E-state index contributed by atoms with van der Waals surface area (Å²) in [7, 11) is -6.92. The van der Waals surface area contributed by atoms with E-state index in [2.05, 4.69) is 9.44 Å². The molecule has 0 aliphatic carbocycles. The Hall–Kier alpha value is -1.12. The van der Waals surface area contributed by atoms with Crippen LogP contribution in [0.2, 0.25) is 0 Å². The van der Waals surface area contributed by atoms with E-state index in [1.807, 2.05) is 6.92 Å². The molecule has 19 heavy (non-hydrogen) atoms. The van der Waals surface area contributed by atoms with Gasteiger partial charge in [0.15, 0.2) is 0 Å². The van der Waals surface area contributed by atoms with Gasteiger partial charge in [0.05, 0.1) is 11.2 Å². The maximum atomic E-state index is 11.9. The Morgan fingerprint density at radius 2 is 1.63 bits per heavy atom. The highest BCUT2D eigenvalue weighted by molar-refractivity contribution is 7.92. The Morgan fingerprint density at radius 3 is 2.05 bits per heavy atom. The minimum atomic E-state index is -3.56. The average molecular weight is 306 g/mol. The van der Waals surface area contributed by atoms with Crippen LogP contribution in [-0.4, -0.2) is 29.1 Å². The summed E-state index contributed by atoms with van der Waals surface area (Å²) >= 11 is 0. The molecule has 0 amide bonds. The normalized spacial score (nSPS) is 14.1. The second kappa shape index (κ2) is 5.89. The largest absolute Gasteiger partial charge is 0.284 e. The summed E-state index contributed by atoms with van der Waals surface area (Å²) in [5, 5.41) is 0. The van der Waals surface area contributed by atoms with E-state index in [1.165, 1.54) is 24.3 Å². The second-order valence-corrected chi connectivity index (χ2v) is 7.79. The highest BCUT2D eigenvalue weighted by Gasteiger charge is 2.16. The molecule has 1 aromatic carbocycles. The zero-order chi connectivity index (χ0) is 14.7. The zero-order valence-corrected chi connectivity index (χ0v) is 12.7. The molecule has 1 atom stereocenters. The molecule has 0 bridgehead atoms. The molecule has 0 aliphatic heterocycles. The molecule has 0 aliphatic rings. The monoisotopic (exact) mass is 306 g/mol. The highest BCUT2D eigenvalue weighted by atomic mass is 32.2. The molecule has 1 aromatic rings. The van der Waals surface area contributed by atoms with Crippen LogP contribution in [0.5, 0.6) is 0 Å². The lowest BCUT2D eigenvalue weighted by molar-refractivity contribution is 0.556. The van der Waals surface area contributed by atoms with Crippen molar-refractivity contribution in [3.8, 4) is 0 Å². The summed E-state index contributed by atoms with van der Waals surface area (Å²) in [5.74, 6) is 0. The number of rotatable bonds is 6. The predicted molar refractivity (Wildman–Crippen MR) is 75.0 cm³/mol. The van der Waals surface area contributed by atoms with Crippen LogP contribution >= 0.6 is 0 Å². The lowest BCUT2D eigenvalue weighted by Crippen LogP contribution is -2.31. The van der Waals surface area contributed by atoms with Gasteiger partial charge in [-0.2, -0.15) is 0 Å². The van der Waals surface area contributed by atoms with Crippen molar-refractivity contribution in [3.63, 3.8) is 0 Å². The number of hydrogen-bond donors (Lipinski definition) is 2. The fourth-order valence-corrected chi connectivity index (χ4v) is 3.22. The van der Waals surface area contributed by atoms with E-state index in [0.717, 1.165) is 6.26 Å². The first kappa shape index (κ1) is 15.9. The molecule has 8 heteroatoms. The summed E-state index contributed by atoms with van der Waals surface area (Å²) in [4.78, 5) is 0.104. The standard InChI is InChI=1S/C11H18N2O4S2/c1-4-9(2)12-19(16,17)11-7-5-10(6-8-11)13-18(3,14)15/h5-9,12-13H,4H2,1-3H3. The molecule has 6 nitrogen and oxygen atoms in total. The lowest BCUT2D eigenvalue weighted by atomic mass is 10.3. The van der Waals surface area contributed by atoms with Gasteiger partial charge in [-0.1, -0.05) is 6.92 Å². The quantitative estimate of drug-likeness (QED) is 0.824. The van der Waals surface area contributed by atoms with Gasteiger partial charge in [0, 0.05) is 11.7 Å². The molecule has 0 saturated carbocycles. The van der Waals surface area contributed by atoms with E-state index in [4.69, 9.17) is 0 Å². The Bertz CT molecular complexity index is 621. The summed E-state index contributed by atoms with van der Waals surface area (Å²) in [6, 6.07) is 5.38. The number of nitrogens with one attached hydrogen (secondary N) is 2. The van der Waals surface area contributed by atoms with Crippen LogP contribution < -0.4 is 9.44 Å². The van der Waals surface area contributed by atoms with Gasteiger partial charge >= 0.3 is 0 Å². The van der Waals surface area contributed by atoms with Crippen LogP contribution in [0.15, 0.2) is 29.2 Å². The number of hydrogen-bond acceptors (Lipinski definition) is 4. The molecule has 0 radical (unpaired) electrons. The van der Waals surface area contributed by atoms with Gasteiger partial charge in [-0.3, -0.25) is 4.72 Å². The van der Waals surface area contributed by atoms with Crippen molar-refractivity contribution in [3.05, 3.63) is 24.3 Å². The minimum absolute atomic E-state index is 0.104. The zero-order valence-electron chi connectivity index (χ0n) is 11.0. The first-order valence-corrected chi connectivity index (χ1v) is 9.11. The van der Waals surface area contributed by atoms with Crippen LogP contribution in [0.1, 0.15) is 20.3 Å². The summed E-state index contributed by atoms with van der Waals surface area (Å²) in [5.41, 5.74) is 0.324. The molecule has 1 unspecified atom stereocenters.